The van der Waals surface area contributed by atoms with Crippen LogP contribution in [0.1, 0.15) is 6.42 Å². The number of anilines is 8. The number of alkyl halides is 8. The fraction of sp³-hybridized carbons (Fsp3) is 0.362. The van der Waals surface area contributed by atoms with Gasteiger partial charge in [0.15, 0.2) is 0 Å². The standard InChI is InChI=1S/C28H31F4N7O2.C27H30F3N7O2.C25H26F4N6O3/c1-17-10-22(28(30,31)32)21(15-33-17)26(40)36-24-11-20(18-13-34-27(35-14-18)38-6-8-41-9-7-38)23(29)12-25(24)39-5-4-19(16-39)37(2)3;1-17-11-20(25(29)30)21(16-31-17)26(38)34-23-12-19(22(28)13-24(23)36-5-3-35(2)4-6-36)18-14-32-27(33-15-18)37-7-9-39-10-8-37;1-14-9-18(25(27,28)29)17(13-30-14)22(36)32-20-10-15(16-12-31-24(38-4)33-23(16)37-3)19(26)11-21(20)35-7-5-34(2)6-8-35/h10-15,19,33H,1,4-9,16H2,2-3H3,(H,36,40);11-16,25,31H,1,3-10H2,2H3,(H,34,38);9-13,30H,1,5-8H2,2-4H3,(H,32,36). The van der Waals surface area contributed by atoms with Crippen molar-refractivity contribution in [1.82, 2.24) is 60.6 Å². The first-order valence-electron chi connectivity index (χ1n) is 37.4. The molecule has 3 aromatic heterocycles. The average Bonchev–Trinajstić information content (AvgIpc) is 0.795. The van der Waals surface area contributed by atoms with Crippen molar-refractivity contribution in [3.63, 3.8) is 0 Å². The molecule has 8 aliphatic heterocycles. The fourth-order valence-corrected chi connectivity index (χ4v) is 13.9. The number of ether oxygens (including phenoxy) is 4. The second-order valence-electron chi connectivity index (χ2n) is 28.6. The molecule has 11 heterocycles. The number of hydrogen-bond donors (Lipinski definition) is 6. The Morgan fingerprint density at radius 3 is 1.28 bits per heavy atom. The van der Waals surface area contributed by atoms with Crippen molar-refractivity contribution in [3.8, 4) is 45.3 Å². The van der Waals surface area contributed by atoms with E-state index in [9.17, 15) is 49.5 Å². The molecule has 0 spiro atoms. The Kier molecular flexibility index (Phi) is 26.8. The number of piperazine rings is 2. The van der Waals surface area contributed by atoms with Crippen molar-refractivity contribution in [3.05, 3.63) is 192 Å². The van der Waals surface area contributed by atoms with E-state index >= 15 is 13.2 Å². The minimum Gasteiger partial charge on any atom is -0.480 e. The average molecular weight is 1650 g/mol. The molecule has 0 radical (unpaired) electrons. The van der Waals surface area contributed by atoms with Crippen molar-refractivity contribution in [2.24, 2.45) is 0 Å². The molecule has 5 fully saturated rings. The smallest absolute Gasteiger partial charge is 0.417 e. The molecular formula is C80H87F11N20O7. The van der Waals surface area contributed by atoms with Crippen LogP contribution < -0.4 is 65.9 Å². The summed E-state index contributed by atoms with van der Waals surface area (Å²) in [6, 6.07) is 8.36. The lowest BCUT2D eigenvalue weighted by Crippen LogP contribution is -2.44. The molecule has 0 bridgehead atoms. The van der Waals surface area contributed by atoms with Crippen molar-refractivity contribution < 1.29 is 81.6 Å². The zero-order chi connectivity index (χ0) is 84.4. The second-order valence-corrected chi connectivity index (χ2v) is 28.6. The number of likely N-dealkylation sites (N-methyl/N-ethyl adjacent to an activating group) is 3. The number of morpholine rings is 2. The lowest BCUT2D eigenvalue weighted by atomic mass is 10.0. The Hall–Kier alpha value is -12.0. The molecule has 1 unspecified atom stereocenters. The number of aromatic nitrogens is 6. The van der Waals surface area contributed by atoms with Crippen LogP contribution in [0.2, 0.25) is 0 Å². The molecule has 0 saturated carbocycles. The highest BCUT2D eigenvalue weighted by Gasteiger charge is 2.42. The summed E-state index contributed by atoms with van der Waals surface area (Å²) in [5.41, 5.74) is -0.925. The number of rotatable bonds is 18. The summed E-state index contributed by atoms with van der Waals surface area (Å²) in [6.07, 6.45) is 1.51. The van der Waals surface area contributed by atoms with Crippen molar-refractivity contribution in [2.45, 2.75) is 31.2 Å². The number of hydrogen-bond acceptors (Lipinski definition) is 24. The highest BCUT2D eigenvalue weighted by Crippen LogP contribution is 2.43. The van der Waals surface area contributed by atoms with Gasteiger partial charge in [-0.3, -0.25) is 14.4 Å². The van der Waals surface area contributed by atoms with E-state index in [2.05, 4.69) is 96.2 Å². The molecule has 6 N–H and O–H groups in total. The van der Waals surface area contributed by atoms with E-state index in [0.29, 0.717) is 151 Å². The van der Waals surface area contributed by atoms with E-state index in [1.165, 1.54) is 87.8 Å². The highest BCUT2D eigenvalue weighted by atomic mass is 19.4. The van der Waals surface area contributed by atoms with Crippen molar-refractivity contribution in [1.29, 1.82) is 0 Å². The predicted octanol–water partition coefficient (Wildman–Crippen LogP) is 10.2. The number of nitrogens with zero attached hydrogens (tertiary/aromatic N) is 14. The Balaban J connectivity index is 0.000000163. The Morgan fingerprint density at radius 1 is 0.500 bits per heavy atom. The van der Waals surface area contributed by atoms with Crippen molar-refractivity contribution in [2.75, 3.05) is 201 Å². The molecule has 27 nitrogen and oxygen atoms in total. The first kappa shape index (κ1) is 85.4. The van der Waals surface area contributed by atoms with Crippen LogP contribution in [-0.4, -0.2) is 248 Å². The van der Waals surface area contributed by atoms with Gasteiger partial charge in [-0.15, -0.1) is 0 Å². The fourth-order valence-electron chi connectivity index (χ4n) is 13.9. The minimum absolute atomic E-state index is 0.00150. The van der Waals surface area contributed by atoms with E-state index in [1.54, 1.807) is 0 Å². The zero-order valence-electron chi connectivity index (χ0n) is 65.3. The van der Waals surface area contributed by atoms with Crippen LogP contribution in [0.5, 0.6) is 11.9 Å². The molecular weight excluding hydrogens is 1560 g/mol. The van der Waals surface area contributed by atoms with Gasteiger partial charge in [0.2, 0.25) is 17.8 Å². The third-order valence-electron chi connectivity index (χ3n) is 20.5. The first-order chi connectivity index (χ1) is 56.3. The number of halogens is 11. The lowest BCUT2D eigenvalue weighted by molar-refractivity contribution is -0.115. The van der Waals surface area contributed by atoms with Gasteiger partial charge in [-0.2, -0.15) is 31.3 Å². The monoisotopic (exact) mass is 1650 g/mol. The summed E-state index contributed by atoms with van der Waals surface area (Å²) in [5, 5.41) is 15.8. The van der Waals surface area contributed by atoms with Crippen LogP contribution in [0, 0.1) is 17.5 Å². The maximum absolute atomic E-state index is 15.6. The summed E-state index contributed by atoms with van der Waals surface area (Å²) >= 11 is 0. The Labute approximate surface area is 672 Å². The minimum atomic E-state index is -4.80. The van der Waals surface area contributed by atoms with Gasteiger partial charge in [0, 0.05) is 198 Å². The summed E-state index contributed by atoms with van der Waals surface area (Å²) in [6.45, 7) is 21.7. The normalized spacial score (nSPS) is 18.2. The Morgan fingerprint density at radius 2 is 0.890 bits per heavy atom. The summed E-state index contributed by atoms with van der Waals surface area (Å²) in [5.74, 6) is -3.47. The van der Waals surface area contributed by atoms with E-state index < -0.39 is 81.8 Å². The number of amides is 3. The maximum atomic E-state index is 15.6. The van der Waals surface area contributed by atoms with Gasteiger partial charge in [-0.25, -0.2) is 46.9 Å². The van der Waals surface area contributed by atoms with Crippen LogP contribution in [-0.2, 0) is 23.9 Å². The van der Waals surface area contributed by atoms with Gasteiger partial charge < -0.3 is 90.0 Å². The first-order valence-corrected chi connectivity index (χ1v) is 37.4. The number of carbonyl (C=O) groups excluding carboxylic acids is 3. The SMILES string of the molecule is C=C1C=C(C(F)(F)F)C(C(=O)Nc2cc(-c3cnc(N4CCOCC4)nc3)c(F)cc2N2CCC(N(C)C)C2)=CN1.C=C1C=C(C(F)(F)F)C(C(=O)Nc2cc(-c3cnc(OC)nc3OC)c(F)cc2N2CCN(C)CC2)=CN1.C=C1C=C(C(F)F)C(C(=O)Nc2cc(-c3cnc(N4CCOCC4)nc3)c(F)cc2N2CCN(C)CC2)=CN1. The van der Waals surface area contributed by atoms with Crippen LogP contribution in [0.15, 0.2) is 174 Å². The molecule has 5 saturated heterocycles. The van der Waals surface area contributed by atoms with Gasteiger partial charge in [-0.05, 0) is 89.2 Å². The molecule has 8 aliphatic rings. The largest absolute Gasteiger partial charge is 0.480 e. The topological polar surface area (TPSA) is 264 Å². The quantitative estimate of drug-likeness (QED) is 0.0437. The molecule has 626 valence electrons. The maximum Gasteiger partial charge on any atom is 0.417 e. The molecule has 1 atom stereocenters. The third-order valence-corrected chi connectivity index (χ3v) is 20.5. The van der Waals surface area contributed by atoms with Crippen LogP contribution >= 0.6 is 0 Å². The highest BCUT2D eigenvalue weighted by molar-refractivity contribution is 6.11. The van der Waals surface area contributed by atoms with E-state index in [4.69, 9.17) is 18.9 Å². The number of methoxy groups -OCH3 is 2. The summed E-state index contributed by atoms with van der Waals surface area (Å²) < 4.78 is 177. The zero-order valence-corrected chi connectivity index (χ0v) is 65.3. The van der Waals surface area contributed by atoms with E-state index in [0.717, 1.165) is 50.1 Å². The predicted molar refractivity (Wildman–Crippen MR) is 424 cm³/mol. The number of carbonyl (C=O) groups is 3. The van der Waals surface area contributed by atoms with Crippen molar-refractivity contribution >= 4 is 63.7 Å². The van der Waals surface area contributed by atoms with Crippen LogP contribution in [0.25, 0.3) is 33.4 Å². The molecule has 38 heteroatoms. The van der Waals surface area contributed by atoms with Gasteiger partial charge in [0.25, 0.3) is 24.1 Å². The molecule has 6 aromatic rings. The summed E-state index contributed by atoms with van der Waals surface area (Å²) in [4.78, 5) is 81.4. The van der Waals surface area contributed by atoms with Gasteiger partial charge in [0.1, 0.15) is 17.5 Å². The summed E-state index contributed by atoms with van der Waals surface area (Å²) in [7, 11) is 10.5. The number of allylic oxidation sites excluding steroid dienone is 3. The van der Waals surface area contributed by atoms with E-state index in [-0.39, 0.29) is 74.2 Å². The van der Waals surface area contributed by atoms with Gasteiger partial charge in [-0.1, -0.05) is 19.7 Å². The number of dihydropyridines is 3. The number of nitrogens with one attached hydrogen (secondary N) is 6. The molecule has 0 aliphatic carbocycles. The lowest BCUT2D eigenvalue weighted by Gasteiger charge is -2.35. The van der Waals surface area contributed by atoms with Crippen LogP contribution in [0.3, 0.4) is 0 Å². The second kappa shape index (κ2) is 37.1. The third kappa shape index (κ3) is 20.3. The van der Waals surface area contributed by atoms with Crippen LogP contribution in [0.4, 0.5) is 94.3 Å². The Bertz CT molecular complexity index is 4970. The van der Waals surface area contributed by atoms with E-state index in [1.807, 2.05) is 52.7 Å². The van der Waals surface area contributed by atoms with Gasteiger partial charge >= 0.3 is 18.4 Å². The molecule has 3 aromatic carbocycles. The molecule has 118 heavy (non-hydrogen) atoms. The number of benzene rings is 3. The molecule has 14 rings (SSSR count). The molecule has 3 amide bonds. The van der Waals surface area contributed by atoms with Gasteiger partial charge in [0.05, 0.1) is 108 Å².